The average Bonchev–Trinajstić information content (AvgIpc) is 3.11. The van der Waals surface area contributed by atoms with Crippen molar-refractivity contribution < 1.29 is 62.0 Å². The molecule has 1 aliphatic heterocycles. The third kappa shape index (κ3) is 7.12. The Labute approximate surface area is 346 Å². The van der Waals surface area contributed by atoms with Gasteiger partial charge < -0.3 is 28.4 Å². The molecule has 0 N–H and O–H groups in total. The van der Waals surface area contributed by atoms with Gasteiger partial charge >= 0.3 is 29.8 Å². The van der Waals surface area contributed by atoms with Crippen LogP contribution in [0.1, 0.15) is 121 Å². The molecule has 1 heterocycles. The van der Waals surface area contributed by atoms with Crippen molar-refractivity contribution in [3.63, 3.8) is 0 Å². The highest BCUT2D eigenvalue weighted by Gasteiger charge is 2.71. The molecule has 3 saturated carbocycles. The molecule has 6 aliphatic rings. The quantitative estimate of drug-likeness (QED) is 0.219. The minimum Gasteiger partial charge on any atom is -0.463 e. The second-order valence-corrected chi connectivity index (χ2v) is 19.9. The Hall–Kier alpha value is -4.38. The van der Waals surface area contributed by atoms with Gasteiger partial charge in [-0.05, 0) is 79.1 Å². The van der Waals surface area contributed by atoms with Crippen LogP contribution in [0, 0.1) is 61.6 Å². The van der Waals surface area contributed by atoms with Gasteiger partial charge in [0, 0.05) is 44.4 Å². The van der Waals surface area contributed by atoms with Crippen molar-refractivity contribution in [1.29, 1.82) is 5.26 Å². The molecule has 0 aromatic carbocycles. The Bertz CT molecular complexity index is 1960. The first-order chi connectivity index (χ1) is 27.3. The second kappa shape index (κ2) is 15.0. The number of Topliss-reactive ketones (excluding diaryl/α,β-unsaturated/α-hetero) is 1. The van der Waals surface area contributed by atoms with Crippen LogP contribution in [0.4, 0.5) is 0 Å². The van der Waals surface area contributed by atoms with Crippen LogP contribution >= 0.6 is 0 Å². The number of carbonyl (C=O) groups excluding carboxylic acids is 7. The molecule has 0 radical (unpaired) electrons. The van der Waals surface area contributed by atoms with E-state index in [1.807, 2.05) is 13.8 Å². The molecule has 0 bridgehead atoms. The third-order valence-electron chi connectivity index (χ3n) is 15.4. The van der Waals surface area contributed by atoms with Gasteiger partial charge in [-0.3, -0.25) is 33.6 Å². The predicted octanol–water partition coefficient (Wildman–Crippen LogP) is 5.83. The zero-order chi connectivity index (χ0) is 43.8. The first kappa shape index (κ1) is 44.2. The molecule has 2 unspecified atom stereocenters. The summed E-state index contributed by atoms with van der Waals surface area (Å²) in [6, 6.07) is 2.14. The fourth-order valence-corrected chi connectivity index (χ4v) is 12.5. The van der Waals surface area contributed by atoms with Crippen molar-refractivity contribution in [3.8, 4) is 6.07 Å². The number of fused-ring (bicyclic) bond motifs is 7. The largest absolute Gasteiger partial charge is 0.463 e. The molecule has 0 amide bonds. The highest BCUT2D eigenvalue weighted by molar-refractivity contribution is 6.04. The van der Waals surface area contributed by atoms with Crippen LogP contribution in [0.2, 0.25) is 0 Å². The average molecular weight is 822 g/mol. The zero-order valence-corrected chi connectivity index (χ0v) is 36.2. The molecule has 12 atom stereocenters. The maximum atomic E-state index is 15.2. The number of esters is 5. The topological polar surface area (TPSA) is 199 Å². The summed E-state index contributed by atoms with van der Waals surface area (Å²) < 4.78 is 34.4. The predicted molar refractivity (Wildman–Crippen MR) is 207 cm³/mol. The van der Waals surface area contributed by atoms with Crippen molar-refractivity contribution in [2.45, 2.75) is 152 Å². The molecule has 1 saturated heterocycles. The molecule has 14 heteroatoms. The fraction of sp³-hybridized carbons (Fsp3) is 0.733. The van der Waals surface area contributed by atoms with E-state index in [0.717, 1.165) is 26.3 Å². The fourth-order valence-electron chi connectivity index (χ4n) is 12.5. The maximum Gasteiger partial charge on any atom is 0.314 e. The number of carbonyl (C=O) groups is 7. The van der Waals surface area contributed by atoms with Crippen molar-refractivity contribution in [2.24, 2.45) is 50.2 Å². The zero-order valence-electron chi connectivity index (χ0n) is 36.2. The van der Waals surface area contributed by atoms with E-state index in [4.69, 9.17) is 28.4 Å². The summed E-state index contributed by atoms with van der Waals surface area (Å²) in [4.78, 5) is 92.9. The lowest BCUT2D eigenvalue weighted by atomic mass is 9.34. The lowest BCUT2D eigenvalue weighted by Crippen LogP contribution is -2.67. The summed E-state index contributed by atoms with van der Waals surface area (Å²) in [6.07, 6.45) is -0.108. The van der Waals surface area contributed by atoms with Crippen LogP contribution in [0.15, 0.2) is 23.3 Å². The summed E-state index contributed by atoms with van der Waals surface area (Å²) in [5, 5.41) is 10.1. The van der Waals surface area contributed by atoms with Crippen LogP contribution < -0.4 is 0 Å². The van der Waals surface area contributed by atoms with Crippen LogP contribution in [0.25, 0.3) is 0 Å². The van der Waals surface area contributed by atoms with Gasteiger partial charge in [-0.25, -0.2) is 0 Å². The van der Waals surface area contributed by atoms with E-state index in [0.29, 0.717) is 44.9 Å². The van der Waals surface area contributed by atoms with Crippen molar-refractivity contribution in [1.82, 2.24) is 0 Å². The van der Waals surface area contributed by atoms with Gasteiger partial charge in [-0.2, -0.15) is 5.26 Å². The number of nitriles is 1. The summed E-state index contributed by atoms with van der Waals surface area (Å²) in [6.45, 7) is 18.5. The molecule has 14 nitrogen and oxygen atoms in total. The van der Waals surface area contributed by atoms with Gasteiger partial charge in [0.2, 0.25) is 12.4 Å². The molecular formula is C45H59NO13. The number of hydrogen-bond acceptors (Lipinski definition) is 14. The number of ether oxygens (including phenoxy) is 6. The van der Waals surface area contributed by atoms with Crippen LogP contribution in [-0.4, -0.2) is 78.7 Å². The lowest BCUT2D eigenvalue weighted by molar-refractivity contribution is -0.305. The normalized spacial score (nSPS) is 40.4. The molecule has 0 spiro atoms. The summed E-state index contributed by atoms with van der Waals surface area (Å²) in [7, 11) is 0. The van der Waals surface area contributed by atoms with Gasteiger partial charge in [0.05, 0.1) is 11.0 Å². The van der Waals surface area contributed by atoms with Crippen LogP contribution in [-0.2, 0) is 62.0 Å². The van der Waals surface area contributed by atoms with E-state index in [1.54, 1.807) is 12.2 Å². The van der Waals surface area contributed by atoms with E-state index in [9.17, 15) is 29.2 Å². The van der Waals surface area contributed by atoms with Crippen molar-refractivity contribution >= 4 is 41.4 Å². The number of hydrogen-bond donors (Lipinski definition) is 0. The Morgan fingerprint density at radius 3 is 1.97 bits per heavy atom. The SMILES string of the molecule is CC(=O)OC[C@H]1O[C@@H](OC(=O)[C@]23CCC(C)(C)CC2C2C(=O)C=C4[C@@]5(C)C=C(C#N)C(=O)C(C)(C)[C@@H]5CC[C@@]4(C)[C@]2(C)CC3)[C@H](OC(C)=O)[C@H](OC(C)=O)[C@@H]1OC(C)=O. The van der Waals surface area contributed by atoms with E-state index >= 15 is 9.59 Å². The van der Waals surface area contributed by atoms with Crippen LogP contribution in [0.5, 0.6) is 0 Å². The Morgan fingerprint density at radius 2 is 1.37 bits per heavy atom. The number of ketones is 2. The van der Waals surface area contributed by atoms with Gasteiger partial charge in [0.25, 0.3) is 0 Å². The molecule has 0 aromatic heterocycles. The number of nitrogens with zero attached hydrogens (tertiary/aromatic N) is 1. The summed E-state index contributed by atoms with van der Waals surface area (Å²) >= 11 is 0. The molecule has 322 valence electrons. The lowest BCUT2D eigenvalue weighted by Gasteiger charge is -2.68. The summed E-state index contributed by atoms with van der Waals surface area (Å²) in [5.74, 6) is -5.26. The molecule has 5 aliphatic carbocycles. The Balaban J connectivity index is 1.42. The first-order valence-electron chi connectivity index (χ1n) is 20.7. The van der Waals surface area contributed by atoms with Gasteiger partial charge in [-0.1, -0.05) is 60.1 Å². The van der Waals surface area contributed by atoms with E-state index in [1.165, 1.54) is 6.92 Å². The van der Waals surface area contributed by atoms with Crippen molar-refractivity contribution in [3.05, 3.63) is 23.3 Å². The minimum atomic E-state index is -1.69. The van der Waals surface area contributed by atoms with Gasteiger partial charge in [0.15, 0.2) is 23.8 Å². The molecule has 0 aromatic rings. The number of rotatable bonds is 7. The highest BCUT2D eigenvalue weighted by atomic mass is 16.7. The van der Waals surface area contributed by atoms with Gasteiger partial charge in [-0.15, -0.1) is 0 Å². The monoisotopic (exact) mass is 821 g/mol. The molecule has 4 fully saturated rings. The summed E-state index contributed by atoms with van der Waals surface area (Å²) in [5.41, 5.74) is -3.06. The Kier molecular flexibility index (Phi) is 11.2. The minimum absolute atomic E-state index is 0.102. The second-order valence-electron chi connectivity index (χ2n) is 19.9. The molecule has 6 rings (SSSR count). The van der Waals surface area contributed by atoms with E-state index in [2.05, 4.69) is 40.7 Å². The van der Waals surface area contributed by atoms with Crippen molar-refractivity contribution in [2.75, 3.05) is 6.61 Å². The smallest absolute Gasteiger partial charge is 0.314 e. The number of allylic oxidation sites excluding steroid dienone is 4. The first-order valence-corrected chi connectivity index (χ1v) is 20.7. The Morgan fingerprint density at radius 1 is 0.780 bits per heavy atom. The third-order valence-corrected chi connectivity index (χ3v) is 15.4. The van der Waals surface area contributed by atoms with Crippen LogP contribution in [0.3, 0.4) is 0 Å². The van der Waals surface area contributed by atoms with E-state index < -0.39 is 106 Å². The highest BCUT2D eigenvalue weighted by Crippen LogP contribution is 2.74. The standard InChI is InChI=1S/C45H59NO13/c1-23(47)54-22-30-34(55-24(2)48)35(56-25(3)49)36(57-26(4)50)38(58-30)59-39(53)45-16-14-40(5,6)20-28(45)33-29(51)18-32-42(9)19-27(21-46)37(52)41(7,8)31(42)12-13-43(32,10)44(33,11)15-17-45/h18-19,28,30-31,33-36,38H,12-17,20,22H2,1-11H3/t28?,30-,31+,33?,34-,35-,36-,38+,42+,43-,44-,45+/m1/s1. The molecular weight excluding hydrogens is 762 g/mol. The van der Waals surface area contributed by atoms with E-state index in [-0.39, 0.29) is 28.5 Å². The maximum absolute atomic E-state index is 15.2. The molecule has 59 heavy (non-hydrogen) atoms. The van der Waals surface area contributed by atoms with Gasteiger partial charge in [0.1, 0.15) is 18.8 Å².